The normalized spacial score (nSPS) is 12.8. The third-order valence-electron chi connectivity index (χ3n) is 3.57. The van der Waals surface area contributed by atoms with E-state index in [1.807, 2.05) is 37.3 Å². The monoisotopic (exact) mass is 317 g/mol. The Morgan fingerprint density at radius 1 is 1.13 bits per heavy atom. The molecule has 1 unspecified atom stereocenters. The molecule has 0 bridgehead atoms. The average molecular weight is 317 g/mol. The van der Waals surface area contributed by atoms with Crippen LogP contribution in [0.4, 0.5) is 8.78 Å². The summed E-state index contributed by atoms with van der Waals surface area (Å²) in [4.78, 5) is 4.15. The fraction of sp³-hybridized carbons (Fsp3) is 0.278. The number of aliphatic imine (C=N–C) groups is 1. The number of halogens is 2. The van der Waals surface area contributed by atoms with Crippen LogP contribution < -0.4 is 10.6 Å². The SMILES string of the molecule is CN=C(NCCc1cc(F)ccc1F)NC(C)c1ccccc1. The van der Waals surface area contributed by atoms with Crippen LogP contribution in [0.2, 0.25) is 0 Å². The second kappa shape index (κ2) is 8.27. The van der Waals surface area contributed by atoms with Crippen molar-refractivity contribution in [1.29, 1.82) is 0 Å². The van der Waals surface area contributed by atoms with E-state index in [0.717, 1.165) is 17.7 Å². The van der Waals surface area contributed by atoms with Gasteiger partial charge in [-0.25, -0.2) is 8.78 Å². The second-order valence-electron chi connectivity index (χ2n) is 5.26. The Bertz CT molecular complexity index is 657. The van der Waals surface area contributed by atoms with Gasteiger partial charge in [0.1, 0.15) is 11.6 Å². The molecule has 0 aliphatic heterocycles. The predicted octanol–water partition coefficient (Wildman–Crippen LogP) is 3.43. The number of benzene rings is 2. The lowest BCUT2D eigenvalue weighted by molar-refractivity contribution is 0.582. The van der Waals surface area contributed by atoms with E-state index < -0.39 is 11.6 Å². The number of hydrogen-bond acceptors (Lipinski definition) is 1. The van der Waals surface area contributed by atoms with Crippen molar-refractivity contribution in [2.45, 2.75) is 19.4 Å². The smallest absolute Gasteiger partial charge is 0.191 e. The van der Waals surface area contributed by atoms with Crippen molar-refractivity contribution in [3.63, 3.8) is 0 Å². The Morgan fingerprint density at radius 2 is 1.87 bits per heavy atom. The van der Waals surface area contributed by atoms with Gasteiger partial charge in [-0.15, -0.1) is 0 Å². The first kappa shape index (κ1) is 16.9. The molecule has 2 aromatic rings. The minimum atomic E-state index is -0.429. The summed E-state index contributed by atoms with van der Waals surface area (Å²) in [5.41, 5.74) is 1.50. The van der Waals surface area contributed by atoms with E-state index in [0.29, 0.717) is 24.5 Å². The van der Waals surface area contributed by atoms with E-state index in [2.05, 4.69) is 15.6 Å². The zero-order valence-electron chi connectivity index (χ0n) is 13.3. The van der Waals surface area contributed by atoms with Crippen LogP contribution in [0.5, 0.6) is 0 Å². The highest BCUT2D eigenvalue weighted by molar-refractivity contribution is 5.80. The maximum atomic E-state index is 13.6. The molecule has 0 radical (unpaired) electrons. The molecule has 122 valence electrons. The first-order valence-electron chi connectivity index (χ1n) is 7.56. The van der Waals surface area contributed by atoms with Gasteiger partial charge >= 0.3 is 0 Å². The van der Waals surface area contributed by atoms with Crippen molar-refractivity contribution in [3.05, 3.63) is 71.3 Å². The lowest BCUT2D eigenvalue weighted by Crippen LogP contribution is -2.39. The summed E-state index contributed by atoms with van der Waals surface area (Å²) in [5.74, 6) is -0.200. The minimum absolute atomic E-state index is 0.0910. The summed E-state index contributed by atoms with van der Waals surface area (Å²) in [7, 11) is 1.68. The van der Waals surface area contributed by atoms with Crippen molar-refractivity contribution in [2.75, 3.05) is 13.6 Å². The molecule has 0 saturated heterocycles. The topological polar surface area (TPSA) is 36.4 Å². The molecule has 0 aromatic heterocycles. The molecule has 0 heterocycles. The highest BCUT2D eigenvalue weighted by atomic mass is 19.1. The quantitative estimate of drug-likeness (QED) is 0.655. The van der Waals surface area contributed by atoms with Crippen LogP contribution in [0.3, 0.4) is 0 Å². The minimum Gasteiger partial charge on any atom is -0.356 e. The summed E-state index contributed by atoms with van der Waals surface area (Å²) in [6, 6.07) is 13.6. The standard InChI is InChI=1S/C18H21F2N3/c1-13(14-6-4-3-5-7-14)23-18(21-2)22-11-10-15-12-16(19)8-9-17(15)20/h3-9,12-13H,10-11H2,1-2H3,(H2,21,22,23). The van der Waals surface area contributed by atoms with Crippen LogP contribution >= 0.6 is 0 Å². The van der Waals surface area contributed by atoms with E-state index >= 15 is 0 Å². The number of hydrogen-bond donors (Lipinski definition) is 2. The second-order valence-corrected chi connectivity index (χ2v) is 5.26. The van der Waals surface area contributed by atoms with Crippen LogP contribution in [0.25, 0.3) is 0 Å². The predicted molar refractivity (Wildman–Crippen MR) is 89.4 cm³/mol. The van der Waals surface area contributed by atoms with Gasteiger partial charge in [-0.1, -0.05) is 30.3 Å². The summed E-state index contributed by atoms with van der Waals surface area (Å²) in [6.07, 6.45) is 0.379. The molecular weight excluding hydrogens is 296 g/mol. The van der Waals surface area contributed by atoms with Crippen molar-refractivity contribution in [2.24, 2.45) is 4.99 Å². The van der Waals surface area contributed by atoms with Crippen LogP contribution in [0, 0.1) is 11.6 Å². The van der Waals surface area contributed by atoms with Crippen molar-refractivity contribution >= 4 is 5.96 Å². The van der Waals surface area contributed by atoms with Gasteiger partial charge in [0.15, 0.2) is 5.96 Å². The van der Waals surface area contributed by atoms with E-state index in [4.69, 9.17) is 0 Å². The Labute approximate surface area is 135 Å². The molecule has 0 fully saturated rings. The Hall–Kier alpha value is -2.43. The van der Waals surface area contributed by atoms with Gasteiger partial charge in [0.2, 0.25) is 0 Å². The van der Waals surface area contributed by atoms with Gasteiger partial charge in [-0.2, -0.15) is 0 Å². The molecular formula is C18H21F2N3. The molecule has 3 nitrogen and oxygen atoms in total. The van der Waals surface area contributed by atoms with Gasteiger partial charge in [0.05, 0.1) is 6.04 Å². The van der Waals surface area contributed by atoms with Crippen LogP contribution in [-0.4, -0.2) is 19.6 Å². The molecule has 0 saturated carbocycles. The van der Waals surface area contributed by atoms with Crippen molar-refractivity contribution < 1.29 is 8.78 Å². The number of nitrogens with one attached hydrogen (secondary N) is 2. The summed E-state index contributed by atoms with van der Waals surface area (Å²) in [6.45, 7) is 2.50. The molecule has 0 aliphatic rings. The van der Waals surface area contributed by atoms with Gasteiger partial charge in [-0.3, -0.25) is 4.99 Å². The fourth-order valence-electron chi connectivity index (χ4n) is 2.28. The van der Waals surface area contributed by atoms with Gasteiger partial charge in [0.25, 0.3) is 0 Å². The molecule has 2 N–H and O–H groups in total. The van der Waals surface area contributed by atoms with Crippen LogP contribution in [0.15, 0.2) is 53.5 Å². The summed E-state index contributed by atoms with van der Waals surface area (Å²) >= 11 is 0. The molecule has 2 rings (SSSR count). The van der Waals surface area contributed by atoms with Crippen molar-refractivity contribution in [1.82, 2.24) is 10.6 Å². The highest BCUT2D eigenvalue weighted by Crippen LogP contribution is 2.11. The van der Waals surface area contributed by atoms with Gasteiger partial charge in [0, 0.05) is 13.6 Å². The zero-order chi connectivity index (χ0) is 16.7. The third-order valence-corrected chi connectivity index (χ3v) is 3.57. The largest absolute Gasteiger partial charge is 0.356 e. The molecule has 0 spiro atoms. The third kappa shape index (κ3) is 5.06. The maximum Gasteiger partial charge on any atom is 0.191 e. The lowest BCUT2D eigenvalue weighted by Gasteiger charge is -2.18. The molecule has 5 heteroatoms. The van der Waals surface area contributed by atoms with Crippen LogP contribution in [-0.2, 0) is 6.42 Å². The first-order chi connectivity index (χ1) is 11.1. The number of guanidine groups is 1. The van der Waals surface area contributed by atoms with Crippen LogP contribution in [0.1, 0.15) is 24.1 Å². The summed E-state index contributed by atoms with van der Waals surface area (Å²) < 4.78 is 26.7. The van der Waals surface area contributed by atoms with E-state index in [1.165, 1.54) is 6.07 Å². The molecule has 0 aliphatic carbocycles. The summed E-state index contributed by atoms with van der Waals surface area (Å²) in [5, 5.41) is 6.38. The van der Waals surface area contributed by atoms with Gasteiger partial charge in [-0.05, 0) is 42.7 Å². The fourth-order valence-corrected chi connectivity index (χ4v) is 2.28. The molecule has 0 amide bonds. The molecule has 2 aromatic carbocycles. The highest BCUT2D eigenvalue weighted by Gasteiger charge is 2.08. The van der Waals surface area contributed by atoms with E-state index in [9.17, 15) is 8.78 Å². The van der Waals surface area contributed by atoms with E-state index in [-0.39, 0.29) is 6.04 Å². The van der Waals surface area contributed by atoms with Gasteiger partial charge < -0.3 is 10.6 Å². The Kier molecular flexibility index (Phi) is 6.09. The molecule has 1 atom stereocenters. The lowest BCUT2D eigenvalue weighted by atomic mass is 10.1. The van der Waals surface area contributed by atoms with Crippen molar-refractivity contribution in [3.8, 4) is 0 Å². The number of rotatable bonds is 5. The maximum absolute atomic E-state index is 13.6. The Morgan fingerprint density at radius 3 is 2.57 bits per heavy atom. The van der Waals surface area contributed by atoms with E-state index in [1.54, 1.807) is 7.05 Å². The zero-order valence-corrected chi connectivity index (χ0v) is 13.3. The average Bonchev–Trinajstić information content (AvgIpc) is 2.57. The molecule has 23 heavy (non-hydrogen) atoms. The first-order valence-corrected chi connectivity index (χ1v) is 7.56. The Balaban J connectivity index is 1.87. The number of nitrogens with zero attached hydrogens (tertiary/aromatic N) is 1.